The second kappa shape index (κ2) is 14.0. The third-order valence-electron chi connectivity index (χ3n) is 6.52. The third kappa shape index (κ3) is 9.28. The van der Waals surface area contributed by atoms with E-state index < -0.39 is 0 Å². The van der Waals surface area contributed by atoms with Gasteiger partial charge in [-0.15, -0.1) is 0 Å². The minimum absolute atomic E-state index is 0.0968. The van der Waals surface area contributed by atoms with Gasteiger partial charge in [-0.1, -0.05) is 96.8 Å². The molecule has 1 spiro atoms. The van der Waals surface area contributed by atoms with E-state index in [0.29, 0.717) is 6.61 Å². The second-order valence-electron chi connectivity index (χ2n) is 9.04. The van der Waals surface area contributed by atoms with Crippen molar-refractivity contribution in [2.45, 2.75) is 147 Å². The molecule has 1 saturated heterocycles. The van der Waals surface area contributed by atoms with Crippen LogP contribution in [0.5, 0.6) is 0 Å². The molecular formula is C24H46O3. The number of ether oxygens (including phenoxy) is 2. The predicted octanol–water partition coefficient (Wildman–Crippen LogP) is 6.90. The van der Waals surface area contributed by atoms with Gasteiger partial charge in [0.1, 0.15) is 6.10 Å². The normalized spacial score (nSPS) is 23.1. The fourth-order valence-corrected chi connectivity index (χ4v) is 4.68. The summed E-state index contributed by atoms with van der Waals surface area (Å²) >= 11 is 0. The van der Waals surface area contributed by atoms with Crippen LogP contribution in [0, 0.1) is 0 Å². The molecule has 27 heavy (non-hydrogen) atoms. The number of aliphatic hydroxyl groups excluding tert-OH is 1. The Morgan fingerprint density at radius 3 is 1.85 bits per heavy atom. The van der Waals surface area contributed by atoms with Crippen LogP contribution in [0.1, 0.15) is 129 Å². The molecule has 0 aromatic heterocycles. The van der Waals surface area contributed by atoms with E-state index in [-0.39, 0.29) is 18.0 Å². The molecule has 0 amide bonds. The number of rotatable bonds is 15. The van der Waals surface area contributed by atoms with Gasteiger partial charge < -0.3 is 14.6 Å². The molecule has 1 N–H and O–H groups in total. The molecule has 3 nitrogen and oxygen atoms in total. The maximum atomic E-state index is 10.4. The van der Waals surface area contributed by atoms with Crippen LogP contribution >= 0.6 is 0 Å². The molecule has 2 atom stereocenters. The van der Waals surface area contributed by atoms with Crippen molar-refractivity contribution in [2.24, 2.45) is 0 Å². The van der Waals surface area contributed by atoms with Crippen molar-refractivity contribution in [3.63, 3.8) is 0 Å². The minimum atomic E-state index is -0.348. The van der Waals surface area contributed by atoms with Crippen LogP contribution in [0.4, 0.5) is 0 Å². The van der Waals surface area contributed by atoms with Crippen molar-refractivity contribution in [3.05, 3.63) is 0 Å². The topological polar surface area (TPSA) is 38.7 Å². The van der Waals surface area contributed by atoms with Crippen molar-refractivity contribution in [1.29, 1.82) is 0 Å². The number of hydrogen-bond donors (Lipinski definition) is 1. The van der Waals surface area contributed by atoms with Crippen LogP contribution in [0.2, 0.25) is 0 Å². The van der Waals surface area contributed by atoms with E-state index in [4.69, 9.17) is 9.47 Å². The molecule has 2 aliphatic rings. The summed E-state index contributed by atoms with van der Waals surface area (Å²) in [5.41, 5.74) is 0. The predicted molar refractivity (Wildman–Crippen MR) is 113 cm³/mol. The van der Waals surface area contributed by atoms with Crippen molar-refractivity contribution in [1.82, 2.24) is 0 Å². The molecule has 160 valence electrons. The highest BCUT2D eigenvalue weighted by molar-refractivity contribution is 4.85. The van der Waals surface area contributed by atoms with Gasteiger partial charge in [0.2, 0.25) is 0 Å². The van der Waals surface area contributed by atoms with Gasteiger partial charge in [0.05, 0.1) is 12.7 Å². The summed E-state index contributed by atoms with van der Waals surface area (Å²) in [4.78, 5) is 0. The molecule has 0 unspecified atom stereocenters. The number of unbranched alkanes of at least 4 members (excludes halogenated alkanes) is 12. The molecule has 0 radical (unpaired) electrons. The first-order valence-electron chi connectivity index (χ1n) is 12.3. The van der Waals surface area contributed by atoms with Gasteiger partial charge in [-0.2, -0.15) is 0 Å². The Bertz CT molecular complexity index is 352. The Kier molecular flexibility index (Phi) is 12.0. The van der Waals surface area contributed by atoms with E-state index in [9.17, 15) is 5.11 Å². The van der Waals surface area contributed by atoms with Gasteiger partial charge in [0.25, 0.3) is 0 Å². The van der Waals surface area contributed by atoms with Crippen molar-refractivity contribution in [3.8, 4) is 0 Å². The van der Waals surface area contributed by atoms with Crippen LogP contribution in [0.3, 0.4) is 0 Å². The van der Waals surface area contributed by atoms with E-state index in [1.165, 1.54) is 96.3 Å². The lowest BCUT2D eigenvalue weighted by Crippen LogP contribution is -2.36. The third-order valence-corrected chi connectivity index (χ3v) is 6.52. The highest BCUT2D eigenvalue weighted by Gasteiger charge is 2.44. The first-order valence-corrected chi connectivity index (χ1v) is 12.3. The van der Waals surface area contributed by atoms with Gasteiger partial charge in [0, 0.05) is 12.8 Å². The minimum Gasteiger partial charge on any atom is -0.390 e. The van der Waals surface area contributed by atoms with Gasteiger partial charge >= 0.3 is 0 Å². The Labute approximate surface area is 168 Å². The van der Waals surface area contributed by atoms with E-state index in [1.54, 1.807) is 0 Å². The smallest absolute Gasteiger partial charge is 0.169 e. The Morgan fingerprint density at radius 1 is 0.778 bits per heavy atom. The average molecular weight is 383 g/mol. The summed E-state index contributed by atoms with van der Waals surface area (Å²) in [7, 11) is 0. The lowest BCUT2D eigenvalue weighted by molar-refractivity contribution is -0.195. The van der Waals surface area contributed by atoms with Crippen LogP contribution in [-0.2, 0) is 9.47 Å². The number of hydrogen-bond acceptors (Lipinski definition) is 3. The SMILES string of the molecule is CCCCCCCCCCCCCCC[C@H](O)[C@H]1COC2(CCCCC2)O1. The van der Waals surface area contributed by atoms with Crippen LogP contribution < -0.4 is 0 Å². The maximum absolute atomic E-state index is 10.4. The zero-order chi connectivity index (χ0) is 19.2. The zero-order valence-electron chi connectivity index (χ0n) is 18.1. The molecule has 1 aliphatic carbocycles. The maximum Gasteiger partial charge on any atom is 0.169 e. The van der Waals surface area contributed by atoms with Crippen LogP contribution in [-0.4, -0.2) is 29.7 Å². The molecule has 0 bridgehead atoms. The summed E-state index contributed by atoms with van der Waals surface area (Å²) in [5.74, 6) is -0.347. The standard InChI is InChI=1S/C24H46O3/c1-2-3-4-5-6-7-8-9-10-11-12-13-15-18-22(25)23-21-26-24(27-23)19-16-14-17-20-24/h22-23,25H,2-21H2,1H3/t22-,23+/m0/s1. The second-order valence-corrected chi connectivity index (χ2v) is 9.04. The van der Waals surface area contributed by atoms with E-state index >= 15 is 0 Å². The lowest BCUT2D eigenvalue weighted by atomic mass is 9.94. The van der Waals surface area contributed by atoms with Crippen molar-refractivity contribution >= 4 is 0 Å². The Morgan fingerprint density at radius 2 is 1.30 bits per heavy atom. The first kappa shape index (κ1) is 23.2. The zero-order valence-corrected chi connectivity index (χ0v) is 18.1. The fraction of sp³-hybridized carbons (Fsp3) is 1.00. The molecule has 1 aliphatic heterocycles. The van der Waals surface area contributed by atoms with Crippen LogP contribution in [0.15, 0.2) is 0 Å². The highest BCUT2D eigenvalue weighted by atomic mass is 16.7. The van der Waals surface area contributed by atoms with Crippen LogP contribution in [0.25, 0.3) is 0 Å². The van der Waals surface area contributed by atoms with E-state index in [1.807, 2.05) is 0 Å². The Hall–Kier alpha value is -0.120. The Balaban J connectivity index is 1.37. The fourth-order valence-electron chi connectivity index (χ4n) is 4.68. The molecule has 2 fully saturated rings. The molecular weight excluding hydrogens is 336 g/mol. The monoisotopic (exact) mass is 382 g/mol. The van der Waals surface area contributed by atoms with E-state index in [0.717, 1.165) is 25.7 Å². The molecule has 0 aromatic rings. The summed E-state index contributed by atoms with van der Waals surface area (Å²) in [5, 5.41) is 10.4. The molecule has 1 saturated carbocycles. The van der Waals surface area contributed by atoms with Crippen molar-refractivity contribution in [2.75, 3.05) is 6.61 Å². The van der Waals surface area contributed by atoms with Gasteiger partial charge in [-0.05, 0) is 19.3 Å². The summed E-state index contributed by atoms with van der Waals surface area (Å²) in [6, 6.07) is 0. The number of aliphatic hydroxyl groups is 1. The van der Waals surface area contributed by atoms with Gasteiger partial charge in [0.15, 0.2) is 5.79 Å². The molecule has 2 rings (SSSR count). The molecule has 0 aromatic carbocycles. The highest BCUT2D eigenvalue weighted by Crippen LogP contribution is 2.38. The van der Waals surface area contributed by atoms with Gasteiger partial charge in [-0.25, -0.2) is 0 Å². The summed E-state index contributed by atoms with van der Waals surface area (Å²) in [6.45, 7) is 2.86. The molecule has 1 heterocycles. The lowest BCUT2D eigenvalue weighted by Gasteiger charge is -2.32. The molecule has 3 heteroatoms. The first-order chi connectivity index (χ1) is 13.3. The van der Waals surface area contributed by atoms with Crippen molar-refractivity contribution < 1.29 is 14.6 Å². The average Bonchev–Trinajstić information content (AvgIpc) is 3.09. The quantitative estimate of drug-likeness (QED) is 0.313. The van der Waals surface area contributed by atoms with Gasteiger partial charge in [-0.3, -0.25) is 0 Å². The summed E-state index contributed by atoms with van der Waals surface area (Å²) in [6.07, 6.45) is 23.9. The van der Waals surface area contributed by atoms with E-state index in [2.05, 4.69) is 6.92 Å². The summed E-state index contributed by atoms with van der Waals surface area (Å²) < 4.78 is 12.1. The largest absolute Gasteiger partial charge is 0.390 e.